The molecule has 2 aliphatic heterocycles. The minimum absolute atomic E-state index is 0.00217. The molecule has 140 valence electrons. The molecular formula is C20H25ClN2O3. The first-order valence-electron chi connectivity index (χ1n) is 9.07. The number of carbonyl (C=O) groups is 2. The first-order valence-corrected chi connectivity index (χ1v) is 9.45. The van der Waals surface area contributed by atoms with Crippen LogP contribution in [-0.2, 0) is 9.59 Å². The van der Waals surface area contributed by atoms with Crippen molar-refractivity contribution in [2.24, 2.45) is 5.41 Å². The number of piperidine rings is 2. The fourth-order valence-corrected chi connectivity index (χ4v) is 4.05. The Morgan fingerprint density at radius 1 is 1.27 bits per heavy atom. The van der Waals surface area contributed by atoms with Crippen LogP contribution >= 0.6 is 11.6 Å². The molecule has 1 spiro atoms. The van der Waals surface area contributed by atoms with Gasteiger partial charge in [-0.3, -0.25) is 9.59 Å². The van der Waals surface area contributed by atoms with Crippen LogP contribution < -0.4 is 4.74 Å². The molecule has 0 atom stereocenters. The van der Waals surface area contributed by atoms with Crippen molar-refractivity contribution in [2.75, 3.05) is 32.8 Å². The normalized spacial score (nSPS) is 19.5. The second kappa shape index (κ2) is 8.12. The van der Waals surface area contributed by atoms with Crippen molar-refractivity contribution >= 4 is 23.4 Å². The summed E-state index contributed by atoms with van der Waals surface area (Å²) in [7, 11) is 0. The fraction of sp³-hybridized carbons (Fsp3) is 0.500. The van der Waals surface area contributed by atoms with Gasteiger partial charge in [0.2, 0.25) is 5.91 Å². The van der Waals surface area contributed by atoms with E-state index >= 15 is 0 Å². The Hall–Kier alpha value is -2.01. The van der Waals surface area contributed by atoms with Gasteiger partial charge < -0.3 is 14.5 Å². The zero-order chi connectivity index (χ0) is 18.6. The molecule has 1 aromatic carbocycles. The molecule has 2 amide bonds. The number of likely N-dealkylation sites (tertiary alicyclic amines) is 2. The SMILES string of the molecule is C=CCN1CC2(CCC1=O)CCN(C(=O)COc1ccccc1Cl)CC2. The van der Waals surface area contributed by atoms with Crippen molar-refractivity contribution in [3.63, 3.8) is 0 Å². The molecule has 0 unspecified atom stereocenters. The van der Waals surface area contributed by atoms with Gasteiger partial charge in [-0.2, -0.15) is 0 Å². The number of halogens is 1. The molecule has 0 saturated carbocycles. The Morgan fingerprint density at radius 2 is 2.00 bits per heavy atom. The molecule has 0 N–H and O–H groups in total. The molecule has 5 nitrogen and oxygen atoms in total. The summed E-state index contributed by atoms with van der Waals surface area (Å²) in [4.78, 5) is 28.2. The standard InChI is InChI=1S/C20H25ClN2O3/c1-2-11-23-15-20(8-7-18(23)24)9-12-22(13-10-20)19(25)14-26-17-6-4-3-5-16(17)21/h2-6H,1,7-15H2. The van der Waals surface area contributed by atoms with Gasteiger partial charge >= 0.3 is 0 Å². The van der Waals surface area contributed by atoms with Crippen LogP contribution in [0.1, 0.15) is 25.7 Å². The van der Waals surface area contributed by atoms with Gasteiger partial charge in [0, 0.05) is 32.6 Å². The van der Waals surface area contributed by atoms with E-state index in [0.717, 1.165) is 25.8 Å². The number of para-hydroxylation sites is 1. The molecule has 0 bridgehead atoms. The topological polar surface area (TPSA) is 49.9 Å². The Balaban J connectivity index is 1.51. The lowest BCUT2D eigenvalue weighted by Crippen LogP contribution is -2.52. The van der Waals surface area contributed by atoms with E-state index in [1.165, 1.54) is 0 Å². The monoisotopic (exact) mass is 376 g/mol. The van der Waals surface area contributed by atoms with Crippen LogP contribution in [-0.4, -0.2) is 54.4 Å². The first kappa shape index (κ1) is 18.8. The lowest BCUT2D eigenvalue weighted by molar-refractivity contribution is -0.142. The molecule has 2 aliphatic rings. The largest absolute Gasteiger partial charge is 0.482 e. The Morgan fingerprint density at radius 3 is 2.69 bits per heavy atom. The molecule has 3 rings (SSSR count). The smallest absolute Gasteiger partial charge is 0.260 e. The number of ether oxygens (including phenoxy) is 1. The molecule has 2 fully saturated rings. The van der Waals surface area contributed by atoms with E-state index in [2.05, 4.69) is 6.58 Å². The van der Waals surface area contributed by atoms with E-state index in [4.69, 9.17) is 16.3 Å². The lowest BCUT2D eigenvalue weighted by Gasteiger charge is -2.47. The minimum Gasteiger partial charge on any atom is -0.482 e. The highest BCUT2D eigenvalue weighted by Gasteiger charge is 2.41. The number of rotatable bonds is 5. The Labute approximate surface area is 159 Å². The molecule has 0 aromatic heterocycles. The van der Waals surface area contributed by atoms with Crippen LogP contribution in [0, 0.1) is 5.41 Å². The average molecular weight is 377 g/mol. The highest BCUT2D eigenvalue weighted by atomic mass is 35.5. The summed E-state index contributed by atoms with van der Waals surface area (Å²) in [5.41, 5.74) is 0.136. The molecule has 26 heavy (non-hydrogen) atoms. The molecule has 2 heterocycles. The summed E-state index contributed by atoms with van der Waals surface area (Å²) >= 11 is 6.05. The van der Waals surface area contributed by atoms with Gasteiger partial charge in [-0.15, -0.1) is 6.58 Å². The van der Waals surface area contributed by atoms with Gasteiger partial charge in [-0.05, 0) is 36.8 Å². The van der Waals surface area contributed by atoms with Crippen molar-refractivity contribution < 1.29 is 14.3 Å². The Kier molecular flexibility index (Phi) is 5.87. The number of hydrogen-bond acceptors (Lipinski definition) is 3. The van der Waals surface area contributed by atoms with Gasteiger partial charge in [0.25, 0.3) is 5.91 Å². The summed E-state index contributed by atoms with van der Waals surface area (Å²) in [6.07, 6.45) is 5.13. The van der Waals surface area contributed by atoms with E-state index in [-0.39, 0.29) is 23.8 Å². The van der Waals surface area contributed by atoms with Gasteiger partial charge in [0.1, 0.15) is 5.75 Å². The van der Waals surface area contributed by atoms with Crippen LogP contribution in [0.25, 0.3) is 0 Å². The molecule has 0 aliphatic carbocycles. The van der Waals surface area contributed by atoms with Gasteiger partial charge in [0.15, 0.2) is 6.61 Å². The minimum atomic E-state index is -0.0189. The number of hydrogen-bond donors (Lipinski definition) is 0. The summed E-state index contributed by atoms with van der Waals surface area (Å²) in [5, 5.41) is 0.507. The average Bonchev–Trinajstić information content (AvgIpc) is 2.65. The van der Waals surface area contributed by atoms with Gasteiger partial charge in [-0.1, -0.05) is 29.8 Å². The Bertz CT molecular complexity index is 683. The number of nitrogens with zero attached hydrogens (tertiary/aromatic N) is 2. The molecule has 2 saturated heterocycles. The quantitative estimate of drug-likeness (QED) is 0.742. The van der Waals surface area contributed by atoms with Crippen LogP contribution in [0.15, 0.2) is 36.9 Å². The highest BCUT2D eigenvalue weighted by Crippen LogP contribution is 2.40. The maximum Gasteiger partial charge on any atom is 0.260 e. The third-order valence-electron chi connectivity index (χ3n) is 5.46. The lowest BCUT2D eigenvalue weighted by atomic mass is 9.72. The van der Waals surface area contributed by atoms with Crippen molar-refractivity contribution in [2.45, 2.75) is 25.7 Å². The van der Waals surface area contributed by atoms with Crippen LogP contribution in [0.2, 0.25) is 5.02 Å². The zero-order valence-electron chi connectivity index (χ0n) is 15.0. The van der Waals surface area contributed by atoms with Gasteiger partial charge in [0.05, 0.1) is 5.02 Å². The van der Waals surface area contributed by atoms with Gasteiger partial charge in [-0.25, -0.2) is 0 Å². The summed E-state index contributed by atoms with van der Waals surface area (Å²) < 4.78 is 5.56. The van der Waals surface area contributed by atoms with Crippen molar-refractivity contribution in [1.82, 2.24) is 9.80 Å². The van der Waals surface area contributed by atoms with E-state index in [1.807, 2.05) is 21.9 Å². The third kappa shape index (κ3) is 4.21. The molecule has 6 heteroatoms. The fourth-order valence-electron chi connectivity index (χ4n) is 3.86. The number of benzene rings is 1. The van der Waals surface area contributed by atoms with E-state index < -0.39 is 0 Å². The number of carbonyl (C=O) groups excluding carboxylic acids is 2. The second-order valence-electron chi connectivity index (χ2n) is 7.16. The molecule has 0 radical (unpaired) electrons. The van der Waals surface area contributed by atoms with Crippen molar-refractivity contribution in [3.05, 3.63) is 41.9 Å². The highest BCUT2D eigenvalue weighted by molar-refractivity contribution is 6.32. The van der Waals surface area contributed by atoms with Crippen LogP contribution in [0.3, 0.4) is 0 Å². The van der Waals surface area contributed by atoms with Crippen LogP contribution in [0.4, 0.5) is 0 Å². The summed E-state index contributed by atoms with van der Waals surface area (Å²) in [6.45, 7) is 6.54. The third-order valence-corrected chi connectivity index (χ3v) is 5.77. The summed E-state index contributed by atoms with van der Waals surface area (Å²) in [5.74, 6) is 0.721. The predicted molar refractivity (Wildman–Crippen MR) is 101 cm³/mol. The van der Waals surface area contributed by atoms with E-state index in [0.29, 0.717) is 36.8 Å². The predicted octanol–water partition coefficient (Wildman–Crippen LogP) is 3.14. The number of amides is 2. The van der Waals surface area contributed by atoms with E-state index in [1.54, 1.807) is 18.2 Å². The van der Waals surface area contributed by atoms with Crippen molar-refractivity contribution in [1.29, 1.82) is 0 Å². The van der Waals surface area contributed by atoms with E-state index in [9.17, 15) is 9.59 Å². The van der Waals surface area contributed by atoms with Crippen molar-refractivity contribution in [3.8, 4) is 5.75 Å². The summed E-state index contributed by atoms with van der Waals surface area (Å²) in [6, 6.07) is 7.15. The second-order valence-corrected chi connectivity index (χ2v) is 7.57. The molecular weight excluding hydrogens is 352 g/mol. The molecule has 1 aromatic rings. The van der Waals surface area contributed by atoms with Crippen LogP contribution in [0.5, 0.6) is 5.75 Å². The maximum atomic E-state index is 12.5. The zero-order valence-corrected chi connectivity index (χ0v) is 15.7. The first-order chi connectivity index (χ1) is 12.5. The maximum absolute atomic E-state index is 12.5.